The highest BCUT2D eigenvalue weighted by Crippen LogP contribution is 2.38. The van der Waals surface area contributed by atoms with Gasteiger partial charge in [-0.1, -0.05) is 11.3 Å². The summed E-state index contributed by atoms with van der Waals surface area (Å²) in [6.45, 7) is 8.47. The van der Waals surface area contributed by atoms with Gasteiger partial charge < -0.3 is 19.5 Å². The van der Waals surface area contributed by atoms with E-state index in [1.165, 1.54) is 41.2 Å². The number of methoxy groups -OCH3 is 1. The molecule has 43 heavy (non-hydrogen) atoms. The number of nitrogens with one attached hydrogen (secondary N) is 1. The fourth-order valence-electron chi connectivity index (χ4n) is 5.63. The molecule has 2 aliphatic heterocycles. The Bertz CT molecular complexity index is 1660. The van der Waals surface area contributed by atoms with Crippen LogP contribution in [0.1, 0.15) is 55.9 Å². The molecule has 12 nitrogen and oxygen atoms in total. The van der Waals surface area contributed by atoms with E-state index in [1.54, 1.807) is 13.8 Å². The number of rotatable bonds is 10. The van der Waals surface area contributed by atoms with Crippen LogP contribution < -0.4 is 26.4 Å². The summed E-state index contributed by atoms with van der Waals surface area (Å²) >= 11 is 1.15. The topological polar surface area (TPSA) is 129 Å². The van der Waals surface area contributed by atoms with Crippen molar-refractivity contribution in [3.05, 3.63) is 56.0 Å². The lowest BCUT2D eigenvalue weighted by Crippen LogP contribution is -2.49. The predicted octanol–water partition coefficient (Wildman–Crippen LogP) is 3.50. The van der Waals surface area contributed by atoms with E-state index in [-0.39, 0.29) is 18.0 Å². The molecule has 2 aromatic heterocycles. The maximum atomic E-state index is 14.6. The van der Waals surface area contributed by atoms with Gasteiger partial charge in [0.2, 0.25) is 5.91 Å². The molecule has 0 aliphatic carbocycles. The van der Waals surface area contributed by atoms with Gasteiger partial charge >= 0.3 is 5.69 Å². The number of amides is 1. The van der Waals surface area contributed by atoms with E-state index in [4.69, 9.17) is 14.2 Å². The largest absolute Gasteiger partial charge is 0.496 e. The number of fused-ring (bicyclic) bond motifs is 1. The average Bonchev–Trinajstić information content (AvgIpc) is 3.35. The van der Waals surface area contributed by atoms with Crippen LogP contribution in [-0.4, -0.2) is 60.9 Å². The SMILES string of the molecule is C=NN(/N=C\C)c1sc2c(c1C)c(=O)n(C1CCCNC1=O)c(=O)n2C[C@H](OC1CCOCC1)c1cc(F)ccc1OC. The number of aryl methyl sites for hydroxylation is 1. The van der Waals surface area contributed by atoms with E-state index in [0.717, 1.165) is 15.9 Å². The minimum atomic E-state index is -0.979. The molecule has 2 fully saturated rings. The van der Waals surface area contributed by atoms with Crippen molar-refractivity contribution in [3.8, 4) is 5.75 Å². The third-order valence-corrected chi connectivity index (χ3v) is 9.02. The van der Waals surface area contributed by atoms with Gasteiger partial charge in [-0.3, -0.25) is 14.2 Å². The number of nitrogens with zero attached hydrogens (tertiary/aromatic N) is 5. The maximum absolute atomic E-state index is 14.6. The van der Waals surface area contributed by atoms with Gasteiger partial charge in [-0.2, -0.15) is 10.2 Å². The molecule has 0 bridgehead atoms. The molecular formula is C29H35FN6O6S. The third kappa shape index (κ3) is 5.99. The Morgan fingerprint density at radius 3 is 2.72 bits per heavy atom. The van der Waals surface area contributed by atoms with Crippen molar-refractivity contribution in [1.29, 1.82) is 0 Å². The Balaban J connectivity index is 1.75. The summed E-state index contributed by atoms with van der Waals surface area (Å²) in [5.41, 5.74) is -0.291. The van der Waals surface area contributed by atoms with Gasteiger partial charge in [0.05, 0.1) is 25.1 Å². The molecular weight excluding hydrogens is 579 g/mol. The van der Waals surface area contributed by atoms with Gasteiger partial charge in [-0.05, 0) is 57.7 Å². The second-order valence-electron chi connectivity index (χ2n) is 10.4. The monoisotopic (exact) mass is 614 g/mol. The molecule has 14 heteroatoms. The number of aromatic nitrogens is 2. The first-order valence-electron chi connectivity index (χ1n) is 14.2. The van der Waals surface area contributed by atoms with Crippen molar-refractivity contribution in [2.45, 2.75) is 64.3 Å². The summed E-state index contributed by atoms with van der Waals surface area (Å²) in [5.74, 6) is -0.488. The summed E-state index contributed by atoms with van der Waals surface area (Å²) in [7, 11) is 1.48. The highest BCUT2D eigenvalue weighted by molar-refractivity contribution is 7.22. The Kier molecular flexibility index (Phi) is 9.37. The molecule has 3 aromatic rings. The Labute approximate surface area is 251 Å². The molecule has 5 rings (SSSR count). The zero-order valence-electron chi connectivity index (χ0n) is 24.4. The van der Waals surface area contributed by atoms with Gasteiger partial charge in [0.1, 0.15) is 33.5 Å². The number of carbonyl (C=O) groups is 1. The first-order valence-corrected chi connectivity index (χ1v) is 15.0. The van der Waals surface area contributed by atoms with Crippen LogP contribution in [0.3, 0.4) is 0 Å². The Hall–Kier alpha value is -3.88. The van der Waals surface area contributed by atoms with Crippen molar-refractivity contribution in [2.24, 2.45) is 10.2 Å². The molecule has 230 valence electrons. The van der Waals surface area contributed by atoms with Gasteiger partial charge in [-0.15, -0.1) is 5.12 Å². The highest BCUT2D eigenvalue weighted by atomic mass is 32.1. The van der Waals surface area contributed by atoms with Gasteiger partial charge in [0, 0.05) is 43.8 Å². The fourth-order valence-corrected chi connectivity index (χ4v) is 6.86. The van der Waals surface area contributed by atoms with Gasteiger partial charge in [0.15, 0.2) is 0 Å². The van der Waals surface area contributed by atoms with Crippen molar-refractivity contribution in [3.63, 3.8) is 0 Å². The zero-order valence-corrected chi connectivity index (χ0v) is 25.2. The summed E-state index contributed by atoms with van der Waals surface area (Å²) < 4.78 is 34.7. The first-order chi connectivity index (χ1) is 20.8. The highest BCUT2D eigenvalue weighted by Gasteiger charge is 2.33. The molecule has 2 atom stereocenters. The van der Waals surface area contributed by atoms with E-state index >= 15 is 0 Å². The van der Waals surface area contributed by atoms with Crippen LogP contribution in [-0.2, 0) is 20.8 Å². The lowest BCUT2D eigenvalue weighted by molar-refractivity contribution is -0.126. The van der Waals surface area contributed by atoms with Crippen molar-refractivity contribution in [1.82, 2.24) is 14.5 Å². The minimum absolute atomic E-state index is 0.0842. The number of benzene rings is 1. The number of thiophene rings is 1. The predicted molar refractivity (Wildman–Crippen MR) is 163 cm³/mol. The summed E-state index contributed by atoms with van der Waals surface area (Å²) in [6.07, 6.45) is 2.67. The number of ether oxygens (including phenoxy) is 3. The van der Waals surface area contributed by atoms with Crippen LogP contribution >= 0.6 is 11.3 Å². The third-order valence-electron chi connectivity index (χ3n) is 7.74. The quantitative estimate of drug-likeness (QED) is 0.274. The molecule has 4 heterocycles. The number of hydrogen-bond donors (Lipinski definition) is 1. The minimum Gasteiger partial charge on any atom is -0.496 e. The van der Waals surface area contributed by atoms with E-state index in [0.29, 0.717) is 72.1 Å². The van der Waals surface area contributed by atoms with Gasteiger partial charge in [-0.25, -0.2) is 13.8 Å². The van der Waals surface area contributed by atoms with Crippen LogP contribution in [0.15, 0.2) is 38.0 Å². The molecule has 0 radical (unpaired) electrons. The standard InChI is InChI=1S/C29H35FN6O6S/c1-5-33-36(31-3)27-17(2)24-26(38)35(21-7-6-12-32-25(21)37)29(39)34(28(24)43-27)16-23(42-19-10-13-41-14-11-19)20-15-18(30)8-9-22(20)40-4/h5,8-9,15,19,21,23H,3,6-7,10-14,16H2,1-2,4H3,(H,32,37)/b33-5-/t21?,23-/m0/s1. The van der Waals surface area contributed by atoms with Crippen LogP contribution in [0.25, 0.3) is 10.2 Å². The average molecular weight is 615 g/mol. The second kappa shape index (κ2) is 13.2. The molecule has 0 spiro atoms. The van der Waals surface area contributed by atoms with Gasteiger partial charge in [0.25, 0.3) is 5.56 Å². The van der Waals surface area contributed by atoms with Crippen LogP contribution in [0.4, 0.5) is 9.39 Å². The van der Waals surface area contributed by atoms with Crippen molar-refractivity contribution in [2.75, 3.05) is 32.0 Å². The zero-order chi connectivity index (χ0) is 30.7. The van der Waals surface area contributed by atoms with E-state index in [1.807, 2.05) is 0 Å². The Morgan fingerprint density at radius 1 is 1.28 bits per heavy atom. The number of anilines is 1. The van der Waals surface area contributed by atoms with E-state index in [9.17, 15) is 18.8 Å². The van der Waals surface area contributed by atoms with Crippen LogP contribution in [0, 0.1) is 12.7 Å². The molecule has 1 aromatic carbocycles. The van der Waals surface area contributed by atoms with Crippen molar-refractivity contribution < 1.29 is 23.4 Å². The van der Waals surface area contributed by atoms with E-state index < -0.39 is 35.1 Å². The Morgan fingerprint density at radius 2 is 2.05 bits per heavy atom. The van der Waals surface area contributed by atoms with Crippen LogP contribution in [0.2, 0.25) is 0 Å². The molecule has 0 saturated carbocycles. The molecule has 1 amide bonds. The number of hydrogen-bond acceptors (Lipinski definition) is 10. The second-order valence-corrected chi connectivity index (χ2v) is 11.3. The molecule has 2 aliphatic rings. The lowest BCUT2D eigenvalue weighted by Gasteiger charge is -2.30. The molecule has 1 N–H and O–H groups in total. The number of halogens is 1. The summed E-state index contributed by atoms with van der Waals surface area (Å²) in [5, 5.41) is 13.0. The van der Waals surface area contributed by atoms with E-state index in [2.05, 4.69) is 22.2 Å². The van der Waals surface area contributed by atoms with Crippen LogP contribution in [0.5, 0.6) is 5.75 Å². The number of hydrazone groups is 2. The summed E-state index contributed by atoms with van der Waals surface area (Å²) in [4.78, 5) is 41.6. The number of carbonyl (C=O) groups excluding carboxylic acids is 1. The lowest BCUT2D eigenvalue weighted by atomic mass is 10.1. The fraction of sp³-hybridized carbons (Fsp3) is 0.483. The maximum Gasteiger partial charge on any atom is 0.332 e. The smallest absolute Gasteiger partial charge is 0.332 e. The summed E-state index contributed by atoms with van der Waals surface area (Å²) in [6, 6.07) is 3.16. The first kappa shape index (κ1) is 30.6. The molecule has 1 unspecified atom stereocenters. The number of piperidine rings is 1. The molecule has 2 saturated heterocycles. The van der Waals surface area contributed by atoms with Crippen molar-refractivity contribution >= 4 is 45.4 Å². The normalized spacial score (nSPS) is 18.6.